The van der Waals surface area contributed by atoms with Crippen molar-refractivity contribution in [2.45, 2.75) is 6.17 Å². The fourth-order valence-corrected chi connectivity index (χ4v) is 0.934. The Bertz CT molecular complexity index is 140. The predicted molar refractivity (Wildman–Crippen MR) is 35.4 cm³/mol. The zero-order valence-corrected chi connectivity index (χ0v) is 5.93. The second-order valence-electron chi connectivity index (χ2n) is 2.50. The number of carbonyl (C=O) groups excluding carboxylic acids is 1. The lowest BCUT2D eigenvalue weighted by Gasteiger charge is -2.13. The molecule has 1 fully saturated rings. The second-order valence-corrected chi connectivity index (χ2v) is 2.50. The maximum absolute atomic E-state index is 12.6. The third-order valence-electron chi connectivity index (χ3n) is 1.54. The highest BCUT2D eigenvalue weighted by Crippen LogP contribution is 1.97. The lowest BCUT2D eigenvalue weighted by molar-refractivity contribution is -0.128. The Morgan fingerprint density at radius 3 is 3.20 bits per heavy atom. The molecule has 1 amide bonds. The fourth-order valence-electron chi connectivity index (χ4n) is 0.934. The highest BCUT2D eigenvalue weighted by Gasteiger charge is 2.18. The molecule has 58 valence electrons. The van der Waals surface area contributed by atoms with E-state index in [2.05, 4.69) is 5.32 Å². The van der Waals surface area contributed by atoms with Gasteiger partial charge >= 0.3 is 0 Å². The Kier molecular flexibility index (Phi) is 2.21. The molecule has 0 unspecified atom stereocenters. The zero-order chi connectivity index (χ0) is 7.56. The van der Waals surface area contributed by atoms with Gasteiger partial charge in [-0.1, -0.05) is 0 Å². The van der Waals surface area contributed by atoms with Crippen LogP contribution in [-0.2, 0) is 4.79 Å². The van der Waals surface area contributed by atoms with Gasteiger partial charge in [-0.25, -0.2) is 4.39 Å². The molecule has 1 aliphatic rings. The molecule has 1 rings (SSSR count). The van der Waals surface area contributed by atoms with Gasteiger partial charge in [0, 0.05) is 13.6 Å². The summed E-state index contributed by atoms with van der Waals surface area (Å²) in [7, 11) is 1.61. The van der Waals surface area contributed by atoms with Crippen LogP contribution in [0.1, 0.15) is 0 Å². The largest absolute Gasteiger partial charge is 0.342 e. The van der Waals surface area contributed by atoms with Crippen LogP contribution in [-0.4, -0.2) is 43.7 Å². The molecule has 1 heterocycles. The Hall–Kier alpha value is -0.640. The summed E-state index contributed by atoms with van der Waals surface area (Å²) < 4.78 is 12.6. The Morgan fingerprint density at radius 1 is 1.80 bits per heavy atom. The standard InChI is InChI=1S/C6H11FN2O/c1-9-4-5(7)2-8-3-6(9)10/h5,8H,2-4H2,1H3/t5-/m1/s1. The first kappa shape index (κ1) is 7.47. The van der Waals surface area contributed by atoms with Crippen molar-refractivity contribution in [3.05, 3.63) is 0 Å². The van der Waals surface area contributed by atoms with E-state index in [-0.39, 0.29) is 25.5 Å². The quantitative estimate of drug-likeness (QED) is 0.494. The van der Waals surface area contributed by atoms with Crippen LogP contribution in [0.15, 0.2) is 0 Å². The van der Waals surface area contributed by atoms with Crippen LogP contribution in [0.4, 0.5) is 4.39 Å². The van der Waals surface area contributed by atoms with E-state index in [0.29, 0.717) is 0 Å². The van der Waals surface area contributed by atoms with Gasteiger partial charge in [0.05, 0.1) is 13.1 Å². The van der Waals surface area contributed by atoms with Gasteiger partial charge in [0.1, 0.15) is 6.17 Å². The van der Waals surface area contributed by atoms with Gasteiger partial charge in [0.15, 0.2) is 0 Å². The molecule has 1 N–H and O–H groups in total. The van der Waals surface area contributed by atoms with Crippen LogP contribution in [0, 0.1) is 0 Å². The molecule has 0 aliphatic carbocycles. The maximum Gasteiger partial charge on any atom is 0.236 e. The number of likely N-dealkylation sites (N-methyl/N-ethyl adjacent to an activating group) is 1. The third kappa shape index (κ3) is 1.67. The van der Waals surface area contributed by atoms with Gasteiger partial charge in [0.2, 0.25) is 5.91 Å². The van der Waals surface area contributed by atoms with E-state index in [1.807, 2.05) is 0 Å². The average molecular weight is 146 g/mol. The number of carbonyl (C=O) groups is 1. The van der Waals surface area contributed by atoms with Crippen LogP contribution in [0.3, 0.4) is 0 Å². The maximum atomic E-state index is 12.6. The number of alkyl halides is 1. The van der Waals surface area contributed by atoms with Crippen molar-refractivity contribution in [3.8, 4) is 0 Å². The lowest BCUT2D eigenvalue weighted by atomic mass is 10.4. The summed E-state index contributed by atoms with van der Waals surface area (Å²) in [6, 6.07) is 0. The molecule has 10 heavy (non-hydrogen) atoms. The molecule has 0 bridgehead atoms. The number of hydrogen-bond acceptors (Lipinski definition) is 2. The zero-order valence-electron chi connectivity index (χ0n) is 5.93. The van der Waals surface area contributed by atoms with Crippen molar-refractivity contribution in [3.63, 3.8) is 0 Å². The van der Waals surface area contributed by atoms with Crippen molar-refractivity contribution >= 4 is 5.91 Å². The highest BCUT2D eigenvalue weighted by molar-refractivity contribution is 5.78. The molecule has 1 saturated heterocycles. The first-order valence-corrected chi connectivity index (χ1v) is 3.29. The number of halogens is 1. The highest BCUT2D eigenvalue weighted by atomic mass is 19.1. The van der Waals surface area contributed by atoms with E-state index in [1.54, 1.807) is 7.05 Å². The summed E-state index contributed by atoms with van der Waals surface area (Å²) >= 11 is 0. The lowest BCUT2D eigenvalue weighted by Crippen LogP contribution is -2.32. The molecule has 0 spiro atoms. The normalized spacial score (nSPS) is 28.4. The van der Waals surface area contributed by atoms with Gasteiger partial charge in [-0.05, 0) is 0 Å². The van der Waals surface area contributed by atoms with E-state index in [0.717, 1.165) is 0 Å². The Balaban J connectivity index is 2.49. The van der Waals surface area contributed by atoms with Gasteiger partial charge in [-0.2, -0.15) is 0 Å². The summed E-state index contributed by atoms with van der Waals surface area (Å²) in [5.41, 5.74) is 0. The van der Waals surface area contributed by atoms with Gasteiger partial charge in [-0.3, -0.25) is 4.79 Å². The molecule has 0 aromatic carbocycles. The third-order valence-corrected chi connectivity index (χ3v) is 1.54. The van der Waals surface area contributed by atoms with Crippen molar-refractivity contribution in [2.24, 2.45) is 0 Å². The predicted octanol–water partition coefficient (Wildman–Crippen LogP) is -0.614. The Labute approximate surface area is 59.2 Å². The average Bonchev–Trinajstić information content (AvgIpc) is 1.96. The van der Waals surface area contributed by atoms with E-state index in [1.165, 1.54) is 4.90 Å². The SMILES string of the molecule is CN1C[C@H](F)CNCC1=O. The molecular formula is C6H11FN2O. The monoisotopic (exact) mass is 146 g/mol. The summed E-state index contributed by atoms with van der Waals surface area (Å²) in [6.45, 7) is 0.763. The van der Waals surface area contributed by atoms with E-state index in [9.17, 15) is 9.18 Å². The minimum absolute atomic E-state index is 0.0415. The number of rotatable bonds is 0. The van der Waals surface area contributed by atoms with E-state index in [4.69, 9.17) is 0 Å². The van der Waals surface area contributed by atoms with Crippen LogP contribution >= 0.6 is 0 Å². The summed E-state index contributed by atoms with van der Waals surface area (Å²) in [4.78, 5) is 12.3. The first-order chi connectivity index (χ1) is 4.70. The topological polar surface area (TPSA) is 32.3 Å². The number of nitrogens with zero attached hydrogens (tertiary/aromatic N) is 1. The van der Waals surface area contributed by atoms with Crippen LogP contribution in [0.2, 0.25) is 0 Å². The molecule has 4 heteroatoms. The first-order valence-electron chi connectivity index (χ1n) is 3.29. The minimum Gasteiger partial charge on any atom is -0.342 e. The van der Waals surface area contributed by atoms with Crippen LogP contribution in [0.25, 0.3) is 0 Å². The molecule has 0 radical (unpaired) electrons. The fraction of sp³-hybridized carbons (Fsp3) is 0.833. The molecule has 1 atom stereocenters. The van der Waals surface area contributed by atoms with Gasteiger partial charge in [0.25, 0.3) is 0 Å². The van der Waals surface area contributed by atoms with Crippen LogP contribution in [0.5, 0.6) is 0 Å². The summed E-state index contributed by atoms with van der Waals surface area (Å²) in [5, 5.41) is 2.71. The molecule has 0 aromatic rings. The minimum atomic E-state index is -0.920. The van der Waals surface area contributed by atoms with Crippen LogP contribution < -0.4 is 5.32 Å². The van der Waals surface area contributed by atoms with E-state index >= 15 is 0 Å². The smallest absolute Gasteiger partial charge is 0.236 e. The number of hydrogen-bond donors (Lipinski definition) is 1. The van der Waals surface area contributed by atoms with E-state index < -0.39 is 6.17 Å². The summed E-state index contributed by atoms with van der Waals surface area (Å²) in [6.07, 6.45) is -0.920. The number of nitrogens with one attached hydrogen (secondary N) is 1. The molecule has 0 saturated carbocycles. The Morgan fingerprint density at radius 2 is 2.50 bits per heavy atom. The van der Waals surface area contributed by atoms with Crippen molar-refractivity contribution in [1.29, 1.82) is 0 Å². The number of amides is 1. The molecular weight excluding hydrogens is 135 g/mol. The molecule has 0 aromatic heterocycles. The van der Waals surface area contributed by atoms with Crippen molar-refractivity contribution in [2.75, 3.05) is 26.7 Å². The molecule has 1 aliphatic heterocycles. The van der Waals surface area contributed by atoms with Crippen molar-refractivity contribution < 1.29 is 9.18 Å². The molecule has 3 nitrogen and oxygen atoms in total. The van der Waals surface area contributed by atoms with Gasteiger partial charge < -0.3 is 10.2 Å². The van der Waals surface area contributed by atoms with Gasteiger partial charge in [-0.15, -0.1) is 0 Å². The summed E-state index contributed by atoms with van der Waals surface area (Å²) in [5.74, 6) is -0.0415. The van der Waals surface area contributed by atoms with Crippen molar-refractivity contribution in [1.82, 2.24) is 10.2 Å². The second kappa shape index (κ2) is 2.96.